The summed E-state index contributed by atoms with van der Waals surface area (Å²) < 4.78 is 6.94. The molecule has 7 N–H and O–H groups in total. The fraction of sp³-hybridized carbons (Fsp3) is 0.333. The monoisotopic (exact) mass is 582 g/mol. The van der Waals surface area contributed by atoms with Gasteiger partial charge in [-0.3, -0.25) is 0 Å². The third kappa shape index (κ3) is 7.13. The number of rotatable bonds is 6. The summed E-state index contributed by atoms with van der Waals surface area (Å²) in [6.07, 6.45) is 0. The van der Waals surface area contributed by atoms with Gasteiger partial charge in [-0.15, -0.1) is 11.3 Å². The molecule has 5 nitrogen and oxygen atoms in total. The lowest BCUT2D eigenvalue weighted by atomic mass is 9.99. The van der Waals surface area contributed by atoms with Crippen LogP contribution in [-0.2, 0) is 19.6 Å². The number of furan rings is 1. The third-order valence-corrected chi connectivity index (χ3v) is 8.66. The lowest BCUT2D eigenvalue weighted by Gasteiger charge is -2.05. The van der Waals surface area contributed by atoms with E-state index >= 15 is 0 Å². The van der Waals surface area contributed by atoms with Gasteiger partial charge in [0.05, 0.1) is 6.54 Å². The topological polar surface area (TPSA) is 107 Å². The molecule has 0 aliphatic carbocycles. The number of nitrogens with one attached hydrogen (secondary N) is 1. The van der Waals surface area contributed by atoms with Crippen molar-refractivity contribution in [3.05, 3.63) is 106 Å². The van der Waals surface area contributed by atoms with Crippen molar-refractivity contribution < 1.29 is 4.42 Å². The third-order valence-electron chi connectivity index (χ3n) is 7.53. The van der Waals surface area contributed by atoms with Gasteiger partial charge in [-0.25, -0.2) is 0 Å². The van der Waals surface area contributed by atoms with E-state index in [0.717, 1.165) is 17.0 Å². The van der Waals surface area contributed by atoms with E-state index in [2.05, 4.69) is 101 Å². The molecule has 0 unspecified atom stereocenters. The van der Waals surface area contributed by atoms with E-state index in [9.17, 15) is 0 Å². The van der Waals surface area contributed by atoms with Gasteiger partial charge in [0.1, 0.15) is 11.3 Å². The first-order valence-electron chi connectivity index (χ1n) is 14.9. The minimum atomic E-state index is 0.464. The van der Waals surface area contributed by atoms with Crippen LogP contribution in [0.4, 0.5) is 0 Å². The molecule has 0 bridgehead atoms. The second-order valence-electron chi connectivity index (χ2n) is 11.6. The van der Waals surface area contributed by atoms with Gasteiger partial charge in [0.15, 0.2) is 0 Å². The molecule has 3 heterocycles. The summed E-state index contributed by atoms with van der Waals surface area (Å²) in [6, 6.07) is 25.5. The minimum absolute atomic E-state index is 0.464. The zero-order chi connectivity index (χ0) is 30.4. The van der Waals surface area contributed by atoms with Gasteiger partial charge in [0.2, 0.25) is 0 Å². The van der Waals surface area contributed by atoms with Crippen LogP contribution in [0.15, 0.2) is 77.2 Å². The number of benzene rings is 3. The standard InChI is InChI=1S/C12H16N2.C12H15NO.C12H15NS/c3*1-8(2)10-4-3-5-12-11(10)6-9(7-13)14-12/h3-6,8,14H,7,13H2,1-2H3;2*3-6,8H,7,13H2,1-2H3. The first-order chi connectivity index (χ1) is 20.2. The number of nitrogens with two attached hydrogens (primary N) is 3. The van der Waals surface area contributed by atoms with Crippen LogP contribution in [0.25, 0.3) is 32.0 Å². The predicted octanol–water partition coefficient (Wildman–Crippen LogP) is 9.25. The number of aromatic nitrogens is 1. The summed E-state index contributed by atoms with van der Waals surface area (Å²) in [5.74, 6) is 2.51. The summed E-state index contributed by atoms with van der Waals surface area (Å²) in [4.78, 5) is 4.59. The number of hydrogen-bond acceptors (Lipinski definition) is 5. The molecule has 3 aromatic heterocycles. The molecule has 0 amide bonds. The highest BCUT2D eigenvalue weighted by molar-refractivity contribution is 7.19. The van der Waals surface area contributed by atoms with Crippen molar-refractivity contribution in [3.8, 4) is 0 Å². The highest BCUT2D eigenvalue weighted by Gasteiger charge is 2.10. The van der Waals surface area contributed by atoms with Gasteiger partial charge in [-0.2, -0.15) is 0 Å². The van der Waals surface area contributed by atoms with E-state index in [-0.39, 0.29) is 0 Å². The van der Waals surface area contributed by atoms with Crippen molar-refractivity contribution in [1.29, 1.82) is 0 Å². The Morgan fingerprint density at radius 2 is 1.24 bits per heavy atom. The molecule has 0 saturated heterocycles. The normalized spacial score (nSPS) is 11.4. The summed E-state index contributed by atoms with van der Waals surface area (Å²) in [5, 5.41) is 3.89. The molecule has 6 heteroatoms. The van der Waals surface area contributed by atoms with Crippen LogP contribution >= 0.6 is 11.3 Å². The number of thiophene rings is 1. The number of fused-ring (bicyclic) bond motifs is 3. The van der Waals surface area contributed by atoms with E-state index in [1.54, 1.807) is 11.3 Å². The smallest absolute Gasteiger partial charge is 0.134 e. The molecule has 0 atom stereocenters. The van der Waals surface area contributed by atoms with Crippen molar-refractivity contribution in [2.24, 2.45) is 17.2 Å². The van der Waals surface area contributed by atoms with Gasteiger partial charge < -0.3 is 26.6 Å². The Bertz CT molecular complexity index is 1530. The van der Waals surface area contributed by atoms with Crippen molar-refractivity contribution in [1.82, 2.24) is 4.98 Å². The van der Waals surface area contributed by atoms with E-state index in [4.69, 9.17) is 21.6 Å². The van der Waals surface area contributed by atoms with Crippen LogP contribution in [0.3, 0.4) is 0 Å². The fourth-order valence-electron chi connectivity index (χ4n) is 5.33. The van der Waals surface area contributed by atoms with Crippen molar-refractivity contribution >= 4 is 43.3 Å². The predicted molar refractivity (Wildman–Crippen MR) is 182 cm³/mol. The van der Waals surface area contributed by atoms with Crippen molar-refractivity contribution in [2.45, 2.75) is 78.9 Å². The van der Waals surface area contributed by atoms with Gasteiger partial charge in [-0.1, -0.05) is 77.9 Å². The molecule has 6 aromatic rings. The SMILES string of the molecule is CC(C)c1cccc2[nH]c(CN)cc12.CC(C)c1cccc2oc(CN)cc12.CC(C)c1cccc2sc(CN)cc12. The zero-order valence-corrected chi connectivity index (χ0v) is 26.6. The maximum Gasteiger partial charge on any atom is 0.134 e. The molecule has 0 saturated carbocycles. The van der Waals surface area contributed by atoms with E-state index < -0.39 is 0 Å². The molecule has 0 aliphatic heterocycles. The Morgan fingerprint density at radius 3 is 1.83 bits per heavy atom. The maximum absolute atomic E-state index is 5.65. The van der Waals surface area contributed by atoms with Crippen LogP contribution < -0.4 is 17.2 Å². The number of H-pyrrole nitrogens is 1. The first kappa shape index (κ1) is 31.5. The van der Waals surface area contributed by atoms with E-state index in [1.807, 2.05) is 18.2 Å². The molecular weight excluding hydrogens is 536 g/mol. The van der Waals surface area contributed by atoms with Gasteiger partial charge in [0, 0.05) is 44.6 Å². The maximum atomic E-state index is 5.65. The Balaban J connectivity index is 0.000000145. The molecular formula is C36H46N4OS. The first-order valence-corrected chi connectivity index (χ1v) is 15.7. The Kier molecular flexibility index (Phi) is 10.6. The Hall–Kier alpha value is -3.42. The summed E-state index contributed by atoms with van der Waals surface area (Å²) in [7, 11) is 0. The number of hydrogen-bond donors (Lipinski definition) is 4. The van der Waals surface area contributed by atoms with Gasteiger partial charge in [0.25, 0.3) is 0 Å². The molecule has 6 rings (SSSR count). The number of aromatic amines is 1. The van der Waals surface area contributed by atoms with Crippen LogP contribution in [0.5, 0.6) is 0 Å². The fourth-order valence-corrected chi connectivity index (χ4v) is 6.31. The Morgan fingerprint density at radius 1 is 0.643 bits per heavy atom. The lowest BCUT2D eigenvalue weighted by Crippen LogP contribution is -1.94. The lowest BCUT2D eigenvalue weighted by molar-refractivity contribution is 0.552. The molecule has 0 aliphatic rings. The minimum Gasteiger partial charge on any atom is -0.460 e. The second-order valence-corrected chi connectivity index (χ2v) is 12.8. The van der Waals surface area contributed by atoms with Gasteiger partial charge in [-0.05, 0) is 76.2 Å². The van der Waals surface area contributed by atoms with E-state index in [0.29, 0.717) is 37.4 Å². The van der Waals surface area contributed by atoms with Gasteiger partial charge >= 0.3 is 0 Å². The highest BCUT2D eigenvalue weighted by Crippen LogP contribution is 2.32. The molecule has 0 radical (unpaired) electrons. The molecule has 222 valence electrons. The van der Waals surface area contributed by atoms with E-state index in [1.165, 1.54) is 47.9 Å². The summed E-state index contributed by atoms with van der Waals surface area (Å²) in [6.45, 7) is 14.9. The summed E-state index contributed by atoms with van der Waals surface area (Å²) in [5.41, 5.74) is 24.2. The quantitative estimate of drug-likeness (QED) is 0.157. The molecule has 3 aromatic carbocycles. The summed E-state index contributed by atoms with van der Waals surface area (Å²) >= 11 is 1.80. The van der Waals surface area contributed by atoms with Crippen LogP contribution in [0.2, 0.25) is 0 Å². The molecule has 0 fully saturated rings. The van der Waals surface area contributed by atoms with Crippen LogP contribution in [0.1, 0.15) is 92.3 Å². The van der Waals surface area contributed by atoms with Crippen LogP contribution in [-0.4, -0.2) is 4.98 Å². The average molecular weight is 583 g/mol. The molecule has 42 heavy (non-hydrogen) atoms. The van der Waals surface area contributed by atoms with Crippen LogP contribution in [0, 0.1) is 0 Å². The van der Waals surface area contributed by atoms with Crippen molar-refractivity contribution in [3.63, 3.8) is 0 Å². The second kappa shape index (κ2) is 14.2. The highest BCUT2D eigenvalue weighted by atomic mass is 32.1. The van der Waals surface area contributed by atoms with Crippen molar-refractivity contribution in [2.75, 3.05) is 0 Å². The largest absolute Gasteiger partial charge is 0.460 e. The molecule has 0 spiro atoms. The average Bonchev–Trinajstić information content (AvgIpc) is 3.72. The zero-order valence-electron chi connectivity index (χ0n) is 25.8. The Labute approximate surface area is 254 Å².